The third kappa shape index (κ3) is 6.31. The summed E-state index contributed by atoms with van der Waals surface area (Å²) in [6, 6.07) is 10.4. The van der Waals surface area contributed by atoms with Gasteiger partial charge in [0, 0.05) is 24.2 Å². The average Bonchev–Trinajstić information content (AvgIpc) is 2.66. The first-order chi connectivity index (χ1) is 13.8. The summed E-state index contributed by atoms with van der Waals surface area (Å²) in [5, 5.41) is 16.1. The van der Waals surface area contributed by atoms with Crippen LogP contribution in [0.5, 0.6) is 5.75 Å². The SMILES string of the molecule is COc1ccc(NC(C)=O)cc1NC(=O)COC(=O)Cc1ccccc1[N+](=O)[O-]. The van der Waals surface area contributed by atoms with E-state index in [1.165, 1.54) is 38.3 Å². The van der Waals surface area contributed by atoms with Crippen LogP contribution in [0.15, 0.2) is 42.5 Å². The second-order valence-corrected chi connectivity index (χ2v) is 5.87. The number of amides is 2. The van der Waals surface area contributed by atoms with Crippen LogP contribution in [0, 0.1) is 10.1 Å². The molecule has 0 bridgehead atoms. The van der Waals surface area contributed by atoms with E-state index >= 15 is 0 Å². The number of hydrogen-bond acceptors (Lipinski definition) is 7. The molecule has 0 aliphatic carbocycles. The molecule has 0 saturated heterocycles. The van der Waals surface area contributed by atoms with E-state index in [4.69, 9.17) is 9.47 Å². The van der Waals surface area contributed by atoms with Crippen LogP contribution in [0.1, 0.15) is 12.5 Å². The maximum absolute atomic E-state index is 12.1. The van der Waals surface area contributed by atoms with Gasteiger partial charge in [-0.05, 0) is 18.2 Å². The lowest BCUT2D eigenvalue weighted by molar-refractivity contribution is -0.385. The molecular weight excluding hydrogens is 382 g/mol. The van der Waals surface area contributed by atoms with Gasteiger partial charge in [0.05, 0.1) is 24.1 Å². The minimum atomic E-state index is -0.784. The molecule has 0 aliphatic heterocycles. The molecule has 2 aromatic carbocycles. The maximum Gasteiger partial charge on any atom is 0.311 e. The van der Waals surface area contributed by atoms with Crippen LogP contribution in [0.25, 0.3) is 0 Å². The van der Waals surface area contributed by atoms with E-state index in [-0.39, 0.29) is 29.3 Å². The Balaban J connectivity index is 1.97. The first kappa shape index (κ1) is 21.4. The molecule has 2 amide bonds. The van der Waals surface area contributed by atoms with Gasteiger partial charge in [-0.1, -0.05) is 18.2 Å². The highest BCUT2D eigenvalue weighted by molar-refractivity contribution is 5.96. The summed E-state index contributed by atoms with van der Waals surface area (Å²) in [6.45, 7) is 0.756. The number of nitro groups is 1. The summed E-state index contributed by atoms with van der Waals surface area (Å²) < 4.78 is 10.0. The van der Waals surface area contributed by atoms with Crippen molar-refractivity contribution in [3.8, 4) is 5.75 Å². The van der Waals surface area contributed by atoms with Gasteiger partial charge >= 0.3 is 5.97 Å². The van der Waals surface area contributed by atoms with Gasteiger partial charge in [-0.2, -0.15) is 0 Å². The highest BCUT2D eigenvalue weighted by Gasteiger charge is 2.17. The predicted molar refractivity (Wildman–Crippen MR) is 104 cm³/mol. The molecule has 10 heteroatoms. The zero-order valence-electron chi connectivity index (χ0n) is 15.8. The van der Waals surface area contributed by atoms with Crippen LogP contribution >= 0.6 is 0 Å². The number of ether oxygens (including phenoxy) is 2. The highest BCUT2D eigenvalue weighted by Crippen LogP contribution is 2.27. The number of nitro benzene ring substituents is 1. The number of nitrogens with one attached hydrogen (secondary N) is 2. The molecule has 0 atom stereocenters. The predicted octanol–water partition coefficient (Wildman–Crippen LogP) is 2.29. The molecule has 2 aromatic rings. The number of nitrogens with zero attached hydrogens (tertiary/aromatic N) is 1. The van der Waals surface area contributed by atoms with Crippen LogP contribution in [-0.2, 0) is 25.5 Å². The normalized spacial score (nSPS) is 10.0. The Morgan fingerprint density at radius 2 is 1.83 bits per heavy atom. The summed E-state index contributed by atoms with van der Waals surface area (Å²) in [6.07, 6.45) is -0.341. The molecule has 2 rings (SSSR count). The molecule has 0 radical (unpaired) electrons. The topological polar surface area (TPSA) is 137 Å². The summed E-state index contributed by atoms with van der Waals surface area (Å²) in [5.41, 5.74) is 0.710. The molecule has 152 valence electrons. The summed E-state index contributed by atoms with van der Waals surface area (Å²) in [7, 11) is 1.41. The molecule has 0 saturated carbocycles. The fourth-order valence-electron chi connectivity index (χ4n) is 2.46. The van der Waals surface area contributed by atoms with Crippen molar-refractivity contribution in [3.63, 3.8) is 0 Å². The first-order valence-corrected chi connectivity index (χ1v) is 8.43. The van der Waals surface area contributed by atoms with Crippen molar-refractivity contribution in [1.82, 2.24) is 0 Å². The van der Waals surface area contributed by atoms with Gasteiger partial charge in [-0.25, -0.2) is 0 Å². The van der Waals surface area contributed by atoms with E-state index in [0.717, 1.165) is 0 Å². The fourth-order valence-corrected chi connectivity index (χ4v) is 2.46. The molecule has 10 nitrogen and oxygen atoms in total. The molecule has 0 spiro atoms. The Bertz CT molecular complexity index is 943. The van der Waals surface area contributed by atoms with E-state index in [9.17, 15) is 24.5 Å². The second kappa shape index (κ2) is 9.83. The lowest BCUT2D eigenvalue weighted by atomic mass is 10.1. The Morgan fingerprint density at radius 1 is 1.10 bits per heavy atom. The van der Waals surface area contributed by atoms with Crippen molar-refractivity contribution >= 4 is 34.8 Å². The molecule has 29 heavy (non-hydrogen) atoms. The number of rotatable bonds is 8. The van der Waals surface area contributed by atoms with E-state index in [0.29, 0.717) is 11.4 Å². The Labute approximate surface area is 166 Å². The van der Waals surface area contributed by atoms with E-state index in [2.05, 4.69) is 10.6 Å². The van der Waals surface area contributed by atoms with Crippen molar-refractivity contribution in [1.29, 1.82) is 0 Å². The van der Waals surface area contributed by atoms with Crippen molar-refractivity contribution < 1.29 is 28.8 Å². The standard InChI is InChI=1S/C19H19N3O7/c1-12(23)20-14-7-8-17(28-2)15(10-14)21-18(24)11-29-19(25)9-13-5-3-4-6-16(13)22(26)27/h3-8,10H,9,11H2,1-2H3,(H,20,23)(H,21,24). The zero-order chi connectivity index (χ0) is 21.4. The number of methoxy groups -OCH3 is 1. The largest absolute Gasteiger partial charge is 0.495 e. The van der Waals surface area contributed by atoms with E-state index in [1.807, 2.05) is 0 Å². The third-order valence-electron chi connectivity index (χ3n) is 3.68. The van der Waals surface area contributed by atoms with Crippen molar-refractivity contribution in [2.24, 2.45) is 0 Å². The van der Waals surface area contributed by atoms with Gasteiger partial charge in [-0.3, -0.25) is 24.5 Å². The highest BCUT2D eigenvalue weighted by atomic mass is 16.6. The first-order valence-electron chi connectivity index (χ1n) is 8.43. The molecule has 2 N–H and O–H groups in total. The molecule has 0 aromatic heterocycles. The van der Waals surface area contributed by atoms with Crippen LogP contribution in [0.3, 0.4) is 0 Å². The van der Waals surface area contributed by atoms with Crippen molar-refractivity contribution in [3.05, 3.63) is 58.1 Å². The van der Waals surface area contributed by atoms with Crippen LogP contribution in [0.2, 0.25) is 0 Å². The molecule has 0 aliphatic rings. The Kier molecular flexibility index (Phi) is 7.24. The number of carbonyl (C=O) groups excluding carboxylic acids is 3. The van der Waals surface area contributed by atoms with Crippen LogP contribution in [0.4, 0.5) is 17.1 Å². The third-order valence-corrected chi connectivity index (χ3v) is 3.68. The number of carbonyl (C=O) groups is 3. The van der Waals surface area contributed by atoms with Gasteiger partial charge in [-0.15, -0.1) is 0 Å². The molecule has 0 heterocycles. The molecule has 0 fully saturated rings. The minimum Gasteiger partial charge on any atom is -0.495 e. The van der Waals surface area contributed by atoms with Gasteiger partial charge < -0.3 is 20.1 Å². The van der Waals surface area contributed by atoms with Gasteiger partial charge in [0.1, 0.15) is 5.75 Å². The van der Waals surface area contributed by atoms with Crippen LogP contribution < -0.4 is 15.4 Å². The Morgan fingerprint density at radius 3 is 2.48 bits per heavy atom. The maximum atomic E-state index is 12.1. The fraction of sp³-hybridized carbons (Fsp3) is 0.211. The quantitative estimate of drug-likeness (QED) is 0.393. The number of para-hydroxylation sites is 1. The second-order valence-electron chi connectivity index (χ2n) is 5.87. The summed E-state index contributed by atoms with van der Waals surface area (Å²) >= 11 is 0. The van der Waals surface area contributed by atoms with Gasteiger partial charge in [0.25, 0.3) is 11.6 Å². The lowest BCUT2D eigenvalue weighted by Gasteiger charge is -2.12. The summed E-state index contributed by atoms with van der Waals surface area (Å²) in [5.74, 6) is -1.36. The Hall–Kier alpha value is -3.95. The van der Waals surface area contributed by atoms with Crippen molar-refractivity contribution in [2.45, 2.75) is 13.3 Å². The zero-order valence-corrected chi connectivity index (χ0v) is 15.8. The van der Waals surface area contributed by atoms with E-state index in [1.54, 1.807) is 18.2 Å². The van der Waals surface area contributed by atoms with Gasteiger partial charge in [0.2, 0.25) is 5.91 Å². The lowest BCUT2D eigenvalue weighted by Crippen LogP contribution is -2.22. The van der Waals surface area contributed by atoms with Crippen LogP contribution in [-0.4, -0.2) is 36.4 Å². The molecular formula is C19H19N3O7. The summed E-state index contributed by atoms with van der Waals surface area (Å²) in [4.78, 5) is 45.6. The van der Waals surface area contributed by atoms with Crippen molar-refractivity contribution in [2.75, 3.05) is 24.4 Å². The number of hydrogen-bond donors (Lipinski definition) is 2. The monoisotopic (exact) mass is 401 g/mol. The number of benzene rings is 2. The smallest absolute Gasteiger partial charge is 0.311 e. The van der Waals surface area contributed by atoms with Gasteiger partial charge in [0.15, 0.2) is 6.61 Å². The number of anilines is 2. The number of esters is 1. The minimum absolute atomic E-state index is 0.188. The molecule has 0 unspecified atom stereocenters. The average molecular weight is 401 g/mol. The van der Waals surface area contributed by atoms with E-state index < -0.39 is 23.4 Å².